The average molecular weight is 273 g/mol. The van der Waals surface area contributed by atoms with Gasteiger partial charge in [-0.15, -0.1) is 0 Å². The molecule has 7 heteroatoms. The van der Waals surface area contributed by atoms with Gasteiger partial charge in [0.1, 0.15) is 5.82 Å². The summed E-state index contributed by atoms with van der Waals surface area (Å²) < 4.78 is 20.4. The monoisotopic (exact) mass is 273 g/mol. The summed E-state index contributed by atoms with van der Waals surface area (Å²) in [5.74, 6) is -1.48. The molecular formula is C13H8FN3O3. The Morgan fingerprint density at radius 2 is 2.20 bits per heavy atom. The van der Waals surface area contributed by atoms with Gasteiger partial charge in [0.05, 0.1) is 12.0 Å². The molecule has 0 aliphatic rings. The molecule has 0 spiro atoms. The number of imidazole rings is 1. The number of carbonyl (C=O) groups is 1. The third-order valence-corrected chi connectivity index (χ3v) is 2.74. The minimum Gasteiger partial charge on any atom is -0.476 e. The summed E-state index contributed by atoms with van der Waals surface area (Å²) in [7, 11) is 0. The number of hydrogen-bond donors (Lipinski definition) is 1. The molecule has 2 aromatic heterocycles. The molecule has 0 saturated heterocycles. The Bertz CT molecular complexity index is 765. The second-order valence-corrected chi connectivity index (χ2v) is 4.02. The summed E-state index contributed by atoms with van der Waals surface area (Å²) in [6.45, 7) is 0. The van der Waals surface area contributed by atoms with Crippen LogP contribution in [0.2, 0.25) is 0 Å². The van der Waals surface area contributed by atoms with Gasteiger partial charge < -0.3 is 14.2 Å². The van der Waals surface area contributed by atoms with E-state index in [1.165, 1.54) is 23.0 Å². The van der Waals surface area contributed by atoms with Crippen molar-refractivity contribution in [2.75, 3.05) is 0 Å². The van der Waals surface area contributed by atoms with Gasteiger partial charge in [-0.3, -0.25) is 0 Å². The lowest BCUT2D eigenvalue weighted by Crippen LogP contribution is -1.95. The van der Waals surface area contributed by atoms with E-state index < -0.39 is 11.8 Å². The molecule has 6 nitrogen and oxygen atoms in total. The Morgan fingerprint density at radius 1 is 1.35 bits per heavy atom. The van der Waals surface area contributed by atoms with Gasteiger partial charge in [0.15, 0.2) is 11.5 Å². The van der Waals surface area contributed by atoms with E-state index >= 15 is 0 Å². The minimum atomic E-state index is -1.20. The van der Waals surface area contributed by atoms with E-state index in [2.05, 4.69) is 10.1 Å². The Morgan fingerprint density at radius 3 is 2.80 bits per heavy atom. The predicted molar refractivity (Wildman–Crippen MR) is 66.0 cm³/mol. The molecule has 1 N–H and O–H groups in total. The minimum absolute atomic E-state index is 0.193. The number of hydrogen-bond acceptors (Lipinski definition) is 4. The van der Waals surface area contributed by atoms with Crippen molar-refractivity contribution >= 4 is 5.97 Å². The van der Waals surface area contributed by atoms with Gasteiger partial charge in [0.25, 0.3) is 0 Å². The van der Waals surface area contributed by atoms with Crippen molar-refractivity contribution in [1.82, 2.24) is 14.7 Å². The van der Waals surface area contributed by atoms with Crippen LogP contribution in [-0.4, -0.2) is 25.8 Å². The van der Waals surface area contributed by atoms with Crippen molar-refractivity contribution in [3.8, 4) is 17.0 Å². The van der Waals surface area contributed by atoms with E-state index in [-0.39, 0.29) is 11.5 Å². The van der Waals surface area contributed by atoms with Crippen molar-refractivity contribution in [2.45, 2.75) is 0 Å². The van der Waals surface area contributed by atoms with E-state index in [0.717, 1.165) is 0 Å². The van der Waals surface area contributed by atoms with E-state index in [0.29, 0.717) is 11.3 Å². The predicted octanol–water partition coefficient (Wildman–Crippen LogP) is 2.36. The van der Waals surface area contributed by atoms with Gasteiger partial charge in [0, 0.05) is 24.0 Å². The molecule has 0 unspecified atom stereocenters. The van der Waals surface area contributed by atoms with E-state index in [4.69, 9.17) is 9.63 Å². The molecule has 0 radical (unpaired) electrons. The molecule has 0 bridgehead atoms. The van der Waals surface area contributed by atoms with Gasteiger partial charge in [0.2, 0.25) is 0 Å². The summed E-state index contributed by atoms with van der Waals surface area (Å²) in [6.07, 6.45) is 4.65. The third kappa shape index (κ3) is 2.05. The second kappa shape index (κ2) is 4.61. The smallest absolute Gasteiger partial charge is 0.358 e. The molecule has 0 amide bonds. The van der Waals surface area contributed by atoms with Crippen molar-refractivity contribution < 1.29 is 18.8 Å². The zero-order valence-electron chi connectivity index (χ0n) is 10.0. The molecule has 0 aliphatic carbocycles. The van der Waals surface area contributed by atoms with Crippen LogP contribution in [0, 0.1) is 5.82 Å². The normalized spacial score (nSPS) is 10.7. The zero-order chi connectivity index (χ0) is 14.1. The number of nitrogens with zero attached hydrogens (tertiary/aromatic N) is 3. The third-order valence-electron chi connectivity index (χ3n) is 2.74. The molecule has 2 heterocycles. The van der Waals surface area contributed by atoms with E-state index in [1.807, 2.05) is 0 Å². The lowest BCUT2D eigenvalue weighted by molar-refractivity contribution is 0.0686. The fourth-order valence-electron chi connectivity index (χ4n) is 1.78. The number of carboxylic acid groups (broad SMARTS) is 1. The van der Waals surface area contributed by atoms with Crippen molar-refractivity contribution in [3.63, 3.8) is 0 Å². The van der Waals surface area contributed by atoms with Gasteiger partial charge in [-0.25, -0.2) is 14.2 Å². The molecule has 1 aromatic carbocycles. The lowest BCUT2D eigenvalue weighted by atomic mass is 10.1. The standard InChI is InChI=1S/C13H8FN3O3/c14-9-5-8(12-6-10(13(18)19)16-20-12)1-2-11(9)17-4-3-15-7-17/h1-7H,(H,18,19). The summed E-state index contributed by atoms with van der Waals surface area (Å²) >= 11 is 0. The Kier molecular flexibility index (Phi) is 2.79. The van der Waals surface area contributed by atoms with E-state index in [9.17, 15) is 9.18 Å². The fourth-order valence-corrected chi connectivity index (χ4v) is 1.78. The first kappa shape index (κ1) is 12.1. The maximum atomic E-state index is 14.0. The van der Waals surface area contributed by atoms with Crippen LogP contribution in [0.25, 0.3) is 17.0 Å². The summed E-state index contributed by atoms with van der Waals surface area (Å²) in [6, 6.07) is 5.66. The second-order valence-electron chi connectivity index (χ2n) is 4.02. The van der Waals surface area contributed by atoms with Crippen LogP contribution in [0.5, 0.6) is 0 Å². The van der Waals surface area contributed by atoms with Gasteiger partial charge in [-0.2, -0.15) is 0 Å². The summed E-state index contributed by atoms with van der Waals surface area (Å²) in [5, 5.41) is 12.1. The van der Waals surface area contributed by atoms with Crippen LogP contribution in [0.4, 0.5) is 4.39 Å². The maximum Gasteiger partial charge on any atom is 0.358 e. The van der Waals surface area contributed by atoms with Gasteiger partial charge >= 0.3 is 5.97 Å². The van der Waals surface area contributed by atoms with Crippen LogP contribution in [0.3, 0.4) is 0 Å². The summed E-state index contributed by atoms with van der Waals surface area (Å²) in [4.78, 5) is 14.6. The first-order valence-corrected chi connectivity index (χ1v) is 5.63. The van der Waals surface area contributed by atoms with Gasteiger partial charge in [-0.05, 0) is 18.2 Å². The highest BCUT2D eigenvalue weighted by Crippen LogP contribution is 2.24. The molecule has 0 atom stereocenters. The molecule has 0 aliphatic heterocycles. The highest BCUT2D eigenvalue weighted by atomic mass is 19.1. The molecule has 100 valence electrons. The number of aromatic carboxylic acids is 1. The Balaban J connectivity index is 1.99. The SMILES string of the molecule is O=C(O)c1cc(-c2ccc(-n3ccnc3)c(F)c2)on1. The fraction of sp³-hybridized carbons (Fsp3) is 0. The van der Waals surface area contributed by atoms with Crippen LogP contribution >= 0.6 is 0 Å². The largest absolute Gasteiger partial charge is 0.476 e. The maximum absolute atomic E-state index is 14.0. The Labute approximate surface area is 112 Å². The molecule has 3 rings (SSSR count). The van der Waals surface area contributed by atoms with Crippen molar-refractivity contribution in [1.29, 1.82) is 0 Å². The topological polar surface area (TPSA) is 81.1 Å². The highest BCUT2D eigenvalue weighted by molar-refractivity contribution is 5.86. The van der Waals surface area contributed by atoms with Crippen LogP contribution in [0.15, 0.2) is 47.5 Å². The number of carboxylic acids is 1. The number of benzene rings is 1. The molecular weight excluding hydrogens is 265 g/mol. The quantitative estimate of drug-likeness (QED) is 0.792. The van der Waals surface area contributed by atoms with Gasteiger partial charge in [-0.1, -0.05) is 5.16 Å². The van der Waals surface area contributed by atoms with Crippen molar-refractivity contribution in [2.24, 2.45) is 0 Å². The number of aromatic nitrogens is 3. The molecule has 3 aromatic rings. The highest BCUT2D eigenvalue weighted by Gasteiger charge is 2.14. The van der Waals surface area contributed by atoms with Crippen LogP contribution in [0.1, 0.15) is 10.5 Å². The molecule has 0 saturated carbocycles. The first-order chi connectivity index (χ1) is 9.65. The van der Waals surface area contributed by atoms with Crippen LogP contribution in [-0.2, 0) is 0 Å². The van der Waals surface area contributed by atoms with Crippen molar-refractivity contribution in [3.05, 3.63) is 54.5 Å². The zero-order valence-corrected chi connectivity index (χ0v) is 10.0. The number of rotatable bonds is 3. The summed E-state index contributed by atoms with van der Waals surface area (Å²) in [5.41, 5.74) is 0.523. The Hall–Kier alpha value is -2.96. The van der Waals surface area contributed by atoms with Crippen LogP contribution < -0.4 is 0 Å². The first-order valence-electron chi connectivity index (χ1n) is 5.63. The number of halogens is 1. The lowest BCUT2D eigenvalue weighted by Gasteiger charge is -2.04. The molecule has 20 heavy (non-hydrogen) atoms. The average Bonchev–Trinajstić information content (AvgIpc) is 3.10. The van der Waals surface area contributed by atoms with E-state index in [1.54, 1.807) is 24.5 Å². The molecule has 0 fully saturated rings.